The van der Waals surface area contributed by atoms with E-state index in [1.165, 1.54) is 11.3 Å². The fourth-order valence-corrected chi connectivity index (χ4v) is 3.70. The monoisotopic (exact) mass is 404 g/mol. The molecule has 0 N–H and O–H groups in total. The molecule has 0 radical (unpaired) electrons. The zero-order chi connectivity index (χ0) is 16.7. The van der Waals surface area contributed by atoms with Gasteiger partial charge in [0.15, 0.2) is 26.7 Å². The molecular formula is C16H9BrN2O4S. The van der Waals surface area contributed by atoms with Crippen LogP contribution in [0.15, 0.2) is 38.3 Å². The molecule has 8 heteroatoms. The zero-order valence-electron chi connectivity index (χ0n) is 12.1. The Morgan fingerprint density at radius 1 is 1.38 bits per heavy atom. The Bertz CT molecular complexity index is 1070. The Hall–Kier alpha value is -2.50. The van der Waals surface area contributed by atoms with Gasteiger partial charge >= 0.3 is 5.91 Å². The number of furan rings is 1. The lowest BCUT2D eigenvalue weighted by molar-refractivity contribution is 0.0970. The van der Waals surface area contributed by atoms with Crippen LogP contribution in [0, 0.1) is 12.3 Å². The number of thiazole rings is 1. The van der Waals surface area contributed by atoms with Crippen LogP contribution in [0.3, 0.4) is 0 Å². The lowest BCUT2D eigenvalue weighted by atomic mass is 10.3. The van der Waals surface area contributed by atoms with Gasteiger partial charge in [0.05, 0.1) is 16.8 Å². The molecule has 1 aliphatic heterocycles. The second kappa shape index (κ2) is 5.85. The zero-order valence-corrected chi connectivity index (χ0v) is 14.5. The van der Waals surface area contributed by atoms with Crippen molar-refractivity contribution in [3.05, 3.63) is 39.5 Å². The van der Waals surface area contributed by atoms with E-state index < -0.39 is 5.91 Å². The van der Waals surface area contributed by atoms with Crippen molar-refractivity contribution >= 4 is 43.4 Å². The Kier molecular flexibility index (Phi) is 3.67. The molecule has 1 aromatic carbocycles. The van der Waals surface area contributed by atoms with E-state index in [1.54, 1.807) is 16.7 Å². The molecule has 3 heterocycles. The number of carbonyl (C=O) groups is 1. The molecule has 120 valence electrons. The number of benzene rings is 1. The van der Waals surface area contributed by atoms with E-state index in [9.17, 15) is 4.79 Å². The van der Waals surface area contributed by atoms with E-state index in [1.807, 2.05) is 12.1 Å². The summed E-state index contributed by atoms with van der Waals surface area (Å²) in [6.45, 7) is 0.485. The van der Waals surface area contributed by atoms with Gasteiger partial charge in [0.25, 0.3) is 0 Å². The highest BCUT2D eigenvalue weighted by Crippen LogP contribution is 2.36. The third-order valence-electron chi connectivity index (χ3n) is 3.41. The van der Waals surface area contributed by atoms with E-state index in [-0.39, 0.29) is 19.1 Å². The van der Waals surface area contributed by atoms with Crippen molar-refractivity contribution in [2.75, 3.05) is 6.79 Å². The van der Waals surface area contributed by atoms with Crippen LogP contribution < -0.4 is 14.3 Å². The molecule has 0 saturated heterocycles. The molecule has 4 rings (SSSR count). The van der Waals surface area contributed by atoms with Crippen molar-refractivity contribution < 1.29 is 18.7 Å². The molecule has 2 aromatic heterocycles. The molecule has 0 saturated carbocycles. The highest BCUT2D eigenvalue weighted by molar-refractivity contribution is 9.10. The first-order valence-corrected chi connectivity index (χ1v) is 8.47. The number of rotatable bonds is 2. The van der Waals surface area contributed by atoms with Gasteiger partial charge in [-0.2, -0.15) is 4.99 Å². The number of aromatic nitrogens is 1. The first kappa shape index (κ1) is 15.1. The molecule has 6 nitrogen and oxygen atoms in total. The molecule has 0 unspecified atom stereocenters. The predicted octanol–water partition coefficient (Wildman–Crippen LogP) is 3.16. The van der Waals surface area contributed by atoms with Gasteiger partial charge in [0, 0.05) is 12.1 Å². The number of carbonyl (C=O) groups excluding carboxylic acids is 1. The minimum absolute atomic E-state index is 0.153. The van der Waals surface area contributed by atoms with Crippen LogP contribution in [0.25, 0.3) is 10.2 Å². The van der Waals surface area contributed by atoms with Crippen LogP contribution in [0.4, 0.5) is 0 Å². The highest BCUT2D eigenvalue weighted by atomic mass is 79.9. The van der Waals surface area contributed by atoms with Gasteiger partial charge in [0.2, 0.25) is 6.79 Å². The number of ether oxygens (including phenoxy) is 2. The standard InChI is InChI=1S/C16H9BrN2O4S/c1-2-5-19-9-6-11-12(22-8-21-11)7-13(9)24-16(19)18-15(20)10-3-4-14(17)23-10/h1,3-4,6-7H,5,8H2. The van der Waals surface area contributed by atoms with Crippen molar-refractivity contribution in [1.29, 1.82) is 0 Å². The topological polar surface area (TPSA) is 66.0 Å². The fraction of sp³-hybridized carbons (Fsp3) is 0.125. The van der Waals surface area contributed by atoms with Gasteiger partial charge in [-0.05, 0) is 28.1 Å². The summed E-state index contributed by atoms with van der Waals surface area (Å²) in [7, 11) is 0. The average molecular weight is 405 g/mol. The first-order chi connectivity index (χ1) is 11.7. The van der Waals surface area contributed by atoms with Crippen molar-refractivity contribution in [3.63, 3.8) is 0 Å². The minimum atomic E-state index is -0.474. The van der Waals surface area contributed by atoms with Gasteiger partial charge in [-0.1, -0.05) is 17.3 Å². The summed E-state index contributed by atoms with van der Waals surface area (Å²) in [5.41, 5.74) is 0.842. The Balaban J connectivity index is 1.88. The Labute approximate surface area is 148 Å². The second-order valence-corrected chi connectivity index (χ2v) is 6.66. The number of halogens is 1. The van der Waals surface area contributed by atoms with Crippen LogP contribution in [0.1, 0.15) is 10.6 Å². The molecule has 24 heavy (non-hydrogen) atoms. The normalized spacial score (nSPS) is 13.4. The first-order valence-electron chi connectivity index (χ1n) is 6.86. The van der Waals surface area contributed by atoms with E-state index >= 15 is 0 Å². The summed E-state index contributed by atoms with van der Waals surface area (Å²) in [6, 6.07) is 6.91. The van der Waals surface area contributed by atoms with Crippen molar-refractivity contribution in [3.8, 4) is 23.8 Å². The summed E-state index contributed by atoms with van der Waals surface area (Å²) in [5.74, 6) is 3.58. The quantitative estimate of drug-likeness (QED) is 0.615. The lowest BCUT2D eigenvalue weighted by Gasteiger charge is -2.01. The molecule has 0 atom stereocenters. The third-order valence-corrected chi connectivity index (χ3v) is 4.88. The molecule has 1 amide bonds. The Morgan fingerprint density at radius 2 is 2.17 bits per heavy atom. The molecular weight excluding hydrogens is 396 g/mol. The molecule has 0 aliphatic carbocycles. The van der Waals surface area contributed by atoms with Gasteiger partial charge in [-0.15, -0.1) is 6.42 Å². The van der Waals surface area contributed by atoms with Crippen molar-refractivity contribution in [1.82, 2.24) is 4.57 Å². The number of nitrogens with zero attached hydrogens (tertiary/aromatic N) is 2. The predicted molar refractivity (Wildman–Crippen MR) is 91.1 cm³/mol. The second-order valence-electron chi connectivity index (χ2n) is 4.87. The minimum Gasteiger partial charge on any atom is -0.454 e. The maximum atomic E-state index is 12.3. The number of terminal acetylenes is 1. The smallest absolute Gasteiger partial charge is 0.315 e. The van der Waals surface area contributed by atoms with Gasteiger partial charge in [-0.25, -0.2) is 0 Å². The Morgan fingerprint density at radius 3 is 2.88 bits per heavy atom. The van der Waals surface area contributed by atoms with Gasteiger partial charge in [-0.3, -0.25) is 4.79 Å². The molecule has 0 spiro atoms. The average Bonchev–Trinajstić information content (AvgIpc) is 3.25. The number of hydrogen-bond acceptors (Lipinski definition) is 5. The van der Waals surface area contributed by atoms with Crippen LogP contribution in [-0.4, -0.2) is 17.3 Å². The van der Waals surface area contributed by atoms with Crippen LogP contribution in [0.2, 0.25) is 0 Å². The SMILES string of the molecule is C#CCn1c(=NC(=O)c2ccc(Br)o2)sc2cc3c(cc21)OCO3. The van der Waals surface area contributed by atoms with Gasteiger partial charge < -0.3 is 18.5 Å². The summed E-state index contributed by atoms with van der Waals surface area (Å²) >= 11 is 4.52. The summed E-state index contributed by atoms with van der Waals surface area (Å²) in [4.78, 5) is 16.9. The third kappa shape index (κ3) is 2.52. The van der Waals surface area contributed by atoms with Crippen molar-refractivity contribution in [2.45, 2.75) is 6.54 Å². The number of amides is 1. The fourth-order valence-electron chi connectivity index (χ4n) is 2.36. The van der Waals surface area contributed by atoms with Crippen LogP contribution in [-0.2, 0) is 6.54 Å². The number of fused-ring (bicyclic) bond motifs is 2. The van der Waals surface area contributed by atoms with Crippen LogP contribution in [0.5, 0.6) is 11.5 Å². The van der Waals surface area contributed by atoms with E-state index in [4.69, 9.17) is 20.3 Å². The van der Waals surface area contributed by atoms with Gasteiger partial charge in [0.1, 0.15) is 0 Å². The summed E-state index contributed by atoms with van der Waals surface area (Å²) in [5, 5.41) is 0. The van der Waals surface area contributed by atoms with E-state index in [0.717, 1.165) is 10.2 Å². The highest BCUT2D eigenvalue weighted by Gasteiger charge is 2.18. The van der Waals surface area contributed by atoms with E-state index in [2.05, 4.69) is 26.8 Å². The lowest BCUT2D eigenvalue weighted by Crippen LogP contribution is -2.16. The molecule has 1 aliphatic rings. The number of hydrogen-bond donors (Lipinski definition) is 0. The van der Waals surface area contributed by atoms with E-state index in [0.29, 0.717) is 21.0 Å². The summed E-state index contributed by atoms with van der Waals surface area (Å²) < 4.78 is 19.2. The van der Waals surface area contributed by atoms with Crippen LogP contribution >= 0.6 is 27.3 Å². The van der Waals surface area contributed by atoms with Crippen molar-refractivity contribution in [2.24, 2.45) is 4.99 Å². The largest absolute Gasteiger partial charge is 0.454 e. The maximum Gasteiger partial charge on any atom is 0.315 e. The maximum absolute atomic E-state index is 12.3. The molecule has 0 fully saturated rings. The summed E-state index contributed by atoms with van der Waals surface area (Å²) in [6.07, 6.45) is 5.46. The molecule has 0 bridgehead atoms. The molecule has 3 aromatic rings.